The van der Waals surface area contributed by atoms with E-state index in [0.717, 1.165) is 33.2 Å². The lowest BCUT2D eigenvalue weighted by Gasteiger charge is -2.56. The second-order valence-corrected chi connectivity index (χ2v) is 11.1. The second kappa shape index (κ2) is 7.52. The molecule has 1 aliphatic heterocycles. The van der Waals surface area contributed by atoms with Crippen LogP contribution in [-0.2, 0) is 4.79 Å². The summed E-state index contributed by atoms with van der Waals surface area (Å²) in [7, 11) is 1.65. The van der Waals surface area contributed by atoms with Crippen LogP contribution in [0.5, 0.6) is 5.75 Å². The molecule has 1 amide bonds. The summed E-state index contributed by atoms with van der Waals surface area (Å²) in [4.78, 5) is 16.0. The van der Waals surface area contributed by atoms with E-state index in [1.807, 2.05) is 47.4 Å². The maximum atomic E-state index is 13.4. The van der Waals surface area contributed by atoms with Crippen molar-refractivity contribution in [3.05, 3.63) is 47.1 Å². The van der Waals surface area contributed by atoms with E-state index in [9.17, 15) is 4.79 Å². The average molecular weight is 452 g/mol. The highest BCUT2D eigenvalue weighted by Gasteiger charge is 2.53. The quantitative estimate of drug-likeness (QED) is 0.422. The molecule has 1 aromatic carbocycles. The van der Waals surface area contributed by atoms with Crippen molar-refractivity contribution in [1.82, 2.24) is 4.90 Å². The van der Waals surface area contributed by atoms with Crippen LogP contribution in [0.2, 0.25) is 0 Å². The van der Waals surface area contributed by atoms with Crippen LogP contribution in [0.3, 0.4) is 0 Å². The van der Waals surface area contributed by atoms with Crippen LogP contribution < -0.4 is 4.74 Å². The van der Waals surface area contributed by atoms with Crippen LogP contribution >= 0.6 is 24.0 Å². The van der Waals surface area contributed by atoms with E-state index < -0.39 is 0 Å². The highest BCUT2D eigenvalue weighted by atomic mass is 32.2. The van der Waals surface area contributed by atoms with E-state index in [1.165, 1.54) is 43.9 Å². The van der Waals surface area contributed by atoms with E-state index in [2.05, 4.69) is 0 Å². The number of amides is 1. The summed E-state index contributed by atoms with van der Waals surface area (Å²) >= 11 is 7.12. The molecular weight excluding hydrogens is 426 g/mol. The number of benzene rings is 1. The number of furan rings is 1. The first-order valence-corrected chi connectivity index (χ1v) is 12.3. The smallest absolute Gasteiger partial charge is 0.266 e. The summed E-state index contributed by atoms with van der Waals surface area (Å²) in [5.74, 6) is 5.34. The Morgan fingerprint density at radius 1 is 1.03 bits per heavy atom. The number of carbonyl (C=O) groups is 1. The van der Waals surface area contributed by atoms with Gasteiger partial charge in [-0.1, -0.05) is 24.0 Å². The molecule has 160 valence electrons. The number of ether oxygens (including phenoxy) is 1. The predicted octanol–water partition coefficient (Wildman–Crippen LogP) is 5.98. The number of hydrogen-bond acceptors (Lipinski definition) is 5. The number of nitrogens with zero attached hydrogens (tertiary/aromatic N) is 1. The lowest BCUT2D eigenvalue weighted by molar-refractivity contribution is -0.130. The van der Waals surface area contributed by atoms with Crippen molar-refractivity contribution >= 4 is 40.3 Å². The topological polar surface area (TPSA) is 42.7 Å². The van der Waals surface area contributed by atoms with Gasteiger partial charge in [-0.05, 0) is 92.2 Å². The normalized spacial score (nSPS) is 33.0. The molecular formula is C25H25NO3S2. The highest BCUT2D eigenvalue weighted by Crippen LogP contribution is 2.56. The molecule has 1 aromatic heterocycles. The number of rotatable bonds is 4. The first-order valence-electron chi connectivity index (χ1n) is 11.1. The fraction of sp³-hybridized carbons (Fsp3) is 0.440. The second-order valence-electron chi connectivity index (χ2n) is 9.40. The van der Waals surface area contributed by atoms with Crippen molar-refractivity contribution in [1.29, 1.82) is 0 Å². The minimum atomic E-state index is 0.0647. The van der Waals surface area contributed by atoms with Gasteiger partial charge in [-0.25, -0.2) is 0 Å². The molecule has 4 aliphatic carbocycles. The van der Waals surface area contributed by atoms with Gasteiger partial charge in [0.05, 0.1) is 12.0 Å². The Labute approximate surface area is 192 Å². The minimum Gasteiger partial charge on any atom is -0.497 e. The predicted molar refractivity (Wildman–Crippen MR) is 127 cm³/mol. The molecule has 4 nitrogen and oxygen atoms in total. The van der Waals surface area contributed by atoms with Crippen LogP contribution in [0.4, 0.5) is 0 Å². The molecule has 0 unspecified atom stereocenters. The summed E-state index contributed by atoms with van der Waals surface area (Å²) in [6.07, 6.45) is 8.36. The molecule has 2 heterocycles. The first-order chi connectivity index (χ1) is 15.1. The maximum Gasteiger partial charge on any atom is 0.266 e. The Kier molecular flexibility index (Phi) is 4.76. The Bertz CT molecular complexity index is 1040. The lowest BCUT2D eigenvalue weighted by atomic mass is 9.54. The minimum absolute atomic E-state index is 0.0647. The van der Waals surface area contributed by atoms with E-state index in [4.69, 9.17) is 21.4 Å². The number of carbonyl (C=O) groups excluding carboxylic acids is 1. The molecule has 4 saturated carbocycles. The van der Waals surface area contributed by atoms with Crippen LogP contribution in [0.15, 0.2) is 45.7 Å². The standard InChI is InChI=1S/C25H25NO3S2/c1-28-19-4-2-16(3-5-19)21-7-6-20(29-21)13-22-24(27)26(25(30)31-22)23-17-9-14-8-15(11-17)12-18(23)10-14/h2-7,13-15,17-18,23H,8-12H2,1H3/b22-13-. The fourth-order valence-electron chi connectivity index (χ4n) is 6.52. The lowest BCUT2D eigenvalue weighted by Crippen LogP contribution is -2.57. The van der Waals surface area contributed by atoms with E-state index in [0.29, 0.717) is 28.5 Å². The third-order valence-electron chi connectivity index (χ3n) is 7.57. The summed E-state index contributed by atoms with van der Waals surface area (Å²) in [6, 6.07) is 11.9. The maximum absolute atomic E-state index is 13.4. The van der Waals surface area contributed by atoms with Crippen molar-refractivity contribution < 1.29 is 13.9 Å². The van der Waals surface area contributed by atoms with Crippen LogP contribution in [0, 0.1) is 23.7 Å². The summed E-state index contributed by atoms with van der Waals surface area (Å²) in [5.41, 5.74) is 0.974. The molecule has 2 aromatic rings. The Morgan fingerprint density at radius 3 is 2.35 bits per heavy atom. The first kappa shape index (κ1) is 19.6. The summed E-state index contributed by atoms with van der Waals surface area (Å²) < 4.78 is 12.0. The molecule has 31 heavy (non-hydrogen) atoms. The van der Waals surface area contributed by atoms with Gasteiger partial charge in [0, 0.05) is 17.7 Å². The Balaban J connectivity index is 1.23. The average Bonchev–Trinajstić information content (AvgIpc) is 3.33. The molecule has 0 N–H and O–H groups in total. The molecule has 7 rings (SSSR count). The molecule has 5 aliphatic rings. The van der Waals surface area contributed by atoms with E-state index in [1.54, 1.807) is 7.11 Å². The van der Waals surface area contributed by atoms with Gasteiger partial charge in [-0.2, -0.15) is 0 Å². The zero-order chi connectivity index (χ0) is 21.1. The number of thioether (sulfide) groups is 1. The van der Waals surface area contributed by atoms with Crippen molar-refractivity contribution in [2.75, 3.05) is 7.11 Å². The molecule has 5 fully saturated rings. The van der Waals surface area contributed by atoms with Crippen molar-refractivity contribution in [2.24, 2.45) is 23.7 Å². The van der Waals surface area contributed by atoms with Crippen molar-refractivity contribution in [3.63, 3.8) is 0 Å². The highest BCUT2D eigenvalue weighted by molar-refractivity contribution is 8.26. The van der Waals surface area contributed by atoms with Gasteiger partial charge >= 0.3 is 0 Å². The van der Waals surface area contributed by atoms with Gasteiger partial charge < -0.3 is 9.15 Å². The monoisotopic (exact) mass is 451 g/mol. The molecule has 1 saturated heterocycles. The van der Waals surface area contributed by atoms with Gasteiger partial charge in [0.1, 0.15) is 21.6 Å². The molecule has 4 bridgehead atoms. The largest absolute Gasteiger partial charge is 0.497 e. The molecule has 0 atom stereocenters. The van der Waals surface area contributed by atoms with E-state index in [-0.39, 0.29) is 5.91 Å². The van der Waals surface area contributed by atoms with Gasteiger partial charge in [0.25, 0.3) is 5.91 Å². The Hall–Kier alpha value is -2.05. The zero-order valence-electron chi connectivity index (χ0n) is 17.5. The summed E-state index contributed by atoms with van der Waals surface area (Å²) in [6.45, 7) is 0. The molecule has 0 spiro atoms. The fourth-order valence-corrected chi connectivity index (χ4v) is 7.85. The van der Waals surface area contributed by atoms with Gasteiger partial charge in [0.15, 0.2) is 0 Å². The number of methoxy groups -OCH3 is 1. The van der Waals surface area contributed by atoms with Crippen LogP contribution in [-0.4, -0.2) is 28.3 Å². The zero-order valence-corrected chi connectivity index (χ0v) is 19.1. The third kappa shape index (κ3) is 3.35. The van der Waals surface area contributed by atoms with Crippen LogP contribution in [0.25, 0.3) is 17.4 Å². The SMILES string of the molecule is COc1ccc(-c2ccc(/C=C3\SC(=S)N(C4C5CC6CC(C5)CC4C6)C3=O)o2)cc1. The van der Waals surface area contributed by atoms with Crippen molar-refractivity contribution in [2.45, 2.75) is 38.1 Å². The summed E-state index contributed by atoms with van der Waals surface area (Å²) in [5, 5.41) is 0. The molecule has 0 radical (unpaired) electrons. The van der Waals surface area contributed by atoms with Gasteiger partial charge in [-0.3, -0.25) is 9.69 Å². The van der Waals surface area contributed by atoms with Crippen LogP contribution in [0.1, 0.15) is 37.9 Å². The van der Waals surface area contributed by atoms with E-state index >= 15 is 0 Å². The third-order valence-corrected chi connectivity index (χ3v) is 8.90. The Morgan fingerprint density at radius 2 is 1.71 bits per heavy atom. The molecule has 6 heteroatoms. The van der Waals surface area contributed by atoms with Crippen molar-refractivity contribution in [3.8, 4) is 17.1 Å². The number of hydrogen-bond donors (Lipinski definition) is 0. The number of thiocarbonyl (C=S) groups is 1. The van der Waals surface area contributed by atoms with Gasteiger partial charge in [-0.15, -0.1) is 0 Å². The van der Waals surface area contributed by atoms with Gasteiger partial charge in [0.2, 0.25) is 0 Å².